The van der Waals surface area contributed by atoms with Gasteiger partial charge >= 0.3 is 11.8 Å². The van der Waals surface area contributed by atoms with Gasteiger partial charge in [-0.1, -0.05) is 57.8 Å². The monoisotopic (exact) mass is 365 g/mol. The third-order valence-corrected chi connectivity index (χ3v) is 5.88. The first-order valence-electron chi connectivity index (χ1n) is 9.62. The molecule has 5 nitrogen and oxygen atoms in total. The lowest BCUT2D eigenvalue weighted by atomic mass is 9.98. The summed E-state index contributed by atoms with van der Waals surface area (Å²) >= 11 is 1.40. The number of nitrogens with one attached hydrogen (secondary N) is 2. The summed E-state index contributed by atoms with van der Waals surface area (Å²) in [5, 5.41) is 6.05. The van der Waals surface area contributed by atoms with Crippen LogP contribution in [0.3, 0.4) is 0 Å². The van der Waals surface area contributed by atoms with Crippen LogP contribution in [0.25, 0.3) is 0 Å². The van der Waals surface area contributed by atoms with Gasteiger partial charge in [0.15, 0.2) is 5.13 Å². The van der Waals surface area contributed by atoms with Crippen LogP contribution in [0.1, 0.15) is 81.2 Å². The molecule has 1 aromatic rings. The zero-order valence-electron chi connectivity index (χ0n) is 15.5. The second kappa shape index (κ2) is 10.5. The lowest BCUT2D eigenvalue weighted by Crippen LogP contribution is -2.41. The molecule has 1 aromatic heterocycles. The fourth-order valence-corrected chi connectivity index (χ4v) is 4.05. The molecule has 0 atom stereocenters. The molecule has 1 fully saturated rings. The van der Waals surface area contributed by atoms with Gasteiger partial charge in [0.05, 0.1) is 5.69 Å². The smallest absolute Gasteiger partial charge is 0.315 e. The summed E-state index contributed by atoms with van der Waals surface area (Å²) in [5.74, 6) is -1.15. The van der Waals surface area contributed by atoms with Gasteiger partial charge in [0.1, 0.15) is 0 Å². The topological polar surface area (TPSA) is 71.1 Å². The van der Waals surface area contributed by atoms with Gasteiger partial charge in [-0.15, -0.1) is 11.3 Å². The second-order valence-corrected chi connectivity index (χ2v) is 8.25. The van der Waals surface area contributed by atoms with Crippen LogP contribution in [0.4, 0.5) is 5.13 Å². The Kier molecular flexibility index (Phi) is 8.38. The lowest BCUT2D eigenvalue weighted by Gasteiger charge is -2.19. The molecule has 140 valence electrons. The molecular formula is C19H31N3O2S. The minimum absolute atomic E-state index is 0.109. The molecule has 2 N–H and O–H groups in total. The molecule has 2 rings (SSSR count). The van der Waals surface area contributed by atoms with Crippen molar-refractivity contribution in [3.8, 4) is 0 Å². The number of carbonyl (C=O) groups excluding carboxylic acids is 2. The number of carbonyl (C=O) groups is 2. The van der Waals surface area contributed by atoms with Crippen LogP contribution in [0.15, 0.2) is 0 Å². The van der Waals surface area contributed by atoms with Crippen LogP contribution < -0.4 is 10.6 Å². The number of amides is 2. The minimum Gasteiger partial charge on any atom is -0.345 e. The van der Waals surface area contributed by atoms with Gasteiger partial charge in [0, 0.05) is 10.9 Å². The maximum atomic E-state index is 12.2. The van der Waals surface area contributed by atoms with Crippen molar-refractivity contribution in [1.82, 2.24) is 10.3 Å². The van der Waals surface area contributed by atoms with Crippen molar-refractivity contribution >= 4 is 28.3 Å². The number of aryl methyl sites for hydroxylation is 2. The van der Waals surface area contributed by atoms with E-state index in [4.69, 9.17) is 0 Å². The van der Waals surface area contributed by atoms with E-state index in [0.717, 1.165) is 36.3 Å². The summed E-state index contributed by atoms with van der Waals surface area (Å²) in [4.78, 5) is 29.7. The van der Waals surface area contributed by atoms with Crippen LogP contribution >= 0.6 is 11.3 Å². The molecule has 1 heterocycles. The Morgan fingerprint density at radius 2 is 1.40 bits per heavy atom. The largest absolute Gasteiger partial charge is 0.345 e. The Morgan fingerprint density at radius 1 is 0.880 bits per heavy atom. The summed E-state index contributed by atoms with van der Waals surface area (Å²) in [6.07, 6.45) is 13.2. The first-order chi connectivity index (χ1) is 12.1. The molecule has 1 aliphatic rings. The van der Waals surface area contributed by atoms with E-state index in [1.165, 1.54) is 56.3 Å². The van der Waals surface area contributed by atoms with Crippen molar-refractivity contribution in [2.24, 2.45) is 0 Å². The molecule has 25 heavy (non-hydrogen) atoms. The van der Waals surface area contributed by atoms with Crippen molar-refractivity contribution in [3.05, 3.63) is 10.6 Å². The Hall–Kier alpha value is -1.43. The van der Waals surface area contributed by atoms with Crippen molar-refractivity contribution in [2.45, 2.75) is 90.5 Å². The lowest BCUT2D eigenvalue weighted by molar-refractivity contribution is -0.136. The fourth-order valence-electron chi connectivity index (χ4n) is 3.24. The van der Waals surface area contributed by atoms with Crippen LogP contribution in [0, 0.1) is 13.8 Å². The number of nitrogens with zero attached hydrogens (tertiary/aromatic N) is 1. The molecule has 2 amide bonds. The molecule has 0 unspecified atom stereocenters. The van der Waals surface area contributed by atoms with Gasteiger partial charge in [-0.2, -0.15) is 0 Å². The zero-order chi connectivity index (χ0) is 18.1. The first-order valence-corrected chi connectivity index (χ1v) is 10.4. The number of hydrogen-bond donors (Lipinski definition) is 2. The van der Waals surface area contributed by atoms with Crippen molar-refractivity contribution in [1.29, 1.82) is 0 Å². The van der Waals surface area contributed by atoms with E-state index in [9.17, 15) is 9.59 Å². The molecule has 0 radical (unpaired) electrons. The maximum Gasteiger partial charge on any atom is 0.315 e. The highest BCUT2D eigenvalue weighted by Crippen LogP contribution is 2.21. The van der Waals surface area contributed by atoms with Gasteiger partial charge in [0.25, 0.3) is 0 Å². The third-order valence-electron chi connectivity index (χ3n) is 4.90. The van der Waals surface area contributed by atoms with Gasteiger partial charge in [-0.3, -0.25) is 14.9 Å². The minimum atomic E-state index is -0.611. The van der Waals surface area contributed by atoms with Crippen LogP contribution in [-0.4, -0.2) is 22.8 Å². The quantitative estimate of drug-likeness (QED) is 0.759. The average molecular weight is 366 g/mol. The van der Waals surface area contributed by atoms with Crippen LogP contribution in [0.5, 0.6) is 0 Å². The van der Waals surface area contributed by atoms with E-state index >= 15 is 0 Å². The highest BCUT2D eigenvalue weighted by Gasteiger charge is 2.20. The summed E-state index contributed by atoms with van der Waals surface area (Å²) in [6, 6.07) is 0.109. The Labute approximate surface area is 155 Å². The van der Waals surface area contributed by atoms with Crippen LogP contribution in [-0.2, 0) is 9.59 Å². The highest BCUT2D eigenvalue weighted by molar-refractivity contribution is 7.15. The number of aromatic nitrogens is 1. The molecule has 0 bridgehead atoms. The molecule has 0 aromatic carbocycles. The SMILES string of the molecule is Cc1nc(NC(=O)C(=O)NC2CCCCCCCCCCC2)sc1C. The van der Waals surface area contributed by atoms with E-state index in [2.05, 4.69) is 15.6 Å². The van der Waals surface area contributed by atoms with Gasteiger partial charge in [0.2, 0.25) is 0 Å². The van der Waals surface area contributed by atoms with Gasteiger partial charge < -0.3 is 5.32 Å². The summed E-state index contributed by atoms with van der Waals surface area (Å²) in [5.41, 5.74) is 0.889. The summed E-state index contributed by atoms with van der Waals surface area (Å²) in [6.45, 7) is 3.85. The van der Waals surface area contributed by atoms with E-state index in [0.29, 0.717) is 5.13 Å². The Bertz CT molecular complexity index is 540. The predicted octanol–water partition coefficient (Wildman–Crippen LogP) is 4.49. The molecule has 0 spiro atoms. The molecule has 1 aliphatic carbocycles. The zero-order valence-corrected chi connectivity index (χ0v) is 16.3. The predicted molar refractivity (Wildman–Crippen MR) is 103 cm³/mol. The first kappa shape index (κ1) is 19.9. The normalized spacial score (nSPS) is 18.0. The number of rotatable bonds is 2. The van der Waals surface area contributed by atoms with Crippen LogP contribution in [0.2, 0.25) is 0 Å². The molecule has 6 heteroatoms. The van der Waals surface area contributed by atoms with E-state index in [-0.39, 0.29) is 6.04 Å². The fraction of sp³-hybridized carbons (Fsp3) is 0.737. The van der Waals surface area contributed by atoms with Crippen molar-refractivity contribution < 1.29 is 9.59 Å². The van der Waals surface area contributed by atoms with Gasteiger partial charge in [-0.05, 0) is 26.7 Å². The number of hydrogen-bond acceptors (Lipinski definition) is 4. The molecule has 0 aliphatic heterocycles. The van der Waals surface area contributed by atoms with Gasteiger partial charge in [-0.25, -0.2) is 4.98 Å². The molecule has 0 saturated heterocycles. The molecule has 1 saturated carbocycles. The summed E-state index contributed by atoms with van der Waals surface area (Å²) < 4.78 is 0. The second-order valence-electron chi connectivity index (χ2n) is 7.04. The standard InChI is InChI=1S/C19H31N3O2S/c1-14-15(2)25-19(20-14)22-18(24)17(23)21-16-12-10-8-6-4-3-5-7-9-11-13-16/h16H,3-13H2,1-2H3,(H,21,23)(H,20,22,24). The summed E-state index contributed by atoms with van der Waals surface area (Å²) in [7, 11) is 0. The van der Waals surface area contributed by atoms with E-state index in [1.54, 1.807) is 0 Å². The van der Waals surface area contributed by atoms with Crippen molar-refractivity contribution in [3.63, 3.8) is 0 Å². The van der Waals surface area contributed by atoms with E-state index in [1.807, 2.05) is 13.8 Å². The Balaban J connectivity index is 1.83. The highest BCUT2D eigenvalue weighted by atomic mass is 32.1. The number of thiazole rings is 1. The van der Waals surface area contributed by atoms with E-state index < -0.39 is 11.8 Å². The maximum absolute atomic E-state index is 12.2. The third kappa shape index (κ3) is 7.14. The average Bonchev–Trinajstić information content (AvgIpc) is 2.87. The number of anilines is 1. The van der Waals surface area contributed by atoms with Crippen molar-refractivity contribution in [2.75, 3.05) is 5.32 Å². The molecular weight excluding hydrogens is 334 g/mol. The Morgan fingerprint density at radius 3 is 1.88 bits per heavy atom.